The Hall–Kier alpha value is -1.27. The standard InChI is InChI=1S/C10H12F3NO2/c1-5-3-2-4-6(8(5)15)7(14)9(16)10(11,12)13/h2-4,7,9,15-16H,14H2,1H3/t7-,9-/m0/s1. The van der Waals surface area contributed by atoms with Crippen molar-refractivity contribution < 1.29 is 23.4 Å². The molecule has 0 amide bonds. The summed E-state index contributed by atoms with van der Waals surface area (Å²) in [4.78, 5) is 0. The molecule has 4 N–H and O–H groups in total. The molecule has 1 rings (SSSR count). The number of benzene rings is 1. The minimum absolute atomic E-state index is 0.121. The number of aliphatic hydroxyl groups is 1. The Morgan fingerprint density at radius 3 is 2.38 bits per heavy atom. The first-order valence-corrected chi connectivity index (χ1v) is 4.54. The number of hydrogen-bond donors (Lipinski definition) is 3. The molecule has 0 aliphatic heterocycles. The molecule has 0 saturated carbocycles. The van der Waals surface area contributed by atoms with Gasteiger partial charge in [0.05, 0.1) is 6.04 Å². The zero-order chi connectivity index (χ0) is 12.5. The average molecular weight is 235 g/mol. The number of halogens is 3. The quantitative estimate of drug-likeness (QED) is 0.729. The van der Waals surface area contributed by atoms with Crippen molar-refractivity contribution in [3.8, 4) is 5.75 Å². The van der Waals surface area contributed by atoms with Crippen LogP contribution in [-0.2, 0) is 0 Å². The zero-order valence-corrected chi connectivity index (χ0v) is 8.49. The minimum atomic E-state index is -4.81. The van der Waals surface area contributed by atoms with E-state index in [1.807, 2.05) is 0 Å². The lowest BCUT2D eigenvalue weighted by atomic mass is 9.99. The molecule has 0 aromatic heterocycles. The zero-order valence-electron chi connectivity index (χ0n) is 8.49. The van der Waals surface area contributed by atoms with Gasteiger partial charge in [0.15, 0.2) is 6.10 Å². The molecule has 0 bridgehead atoms. The van der Waals surface area contributed by atoms with Gasteiger partial charge in [-0.05, 0) is 12.5 Å². The SMILES string of the molecule is Cc1cccc([C@H](N)[C@H](O)C(F)(F)F)c1O. The fourth-order valence-corrected chi connectivity index (χ4v) is 1.32. The Bertz CT molecular complexity index is 379. The highest BCUT2D eigenvalue weighted by Gasteiger charge is 2.43. The monoisotopic (exact) mass is 235 g/mol. The van der Waals surface area contributed by atoms with Crippen LogP contribution in [0.15, 0.2) is 18.2 Å². The van der Waals surface area contributed by atoms with Gasteiger partial charge >= 0.3 is 6.18 Å². The highest BCUT2D eigenvalue weighted by molar-refractivity contribution is 5.41. The molecule has 1 aromatic carbocycles. The number of phenolic OH excluding ortho intramolecular Hbond substituents is 1. The summed E-state index contributed by atoms with van der Waals surface area (Å²) in [5.41, 5.74) is 5.55. The Balaban J connectivity index is 3.06. The summed E-state index contributed by atoms with van der Waals surface area (Å²) in [5, 5.41) is 18.5. The van der Waals surface area contributed by atoms with Crippen LogP contribution in [0.25, 0.3) is 0 Å². The predicted octanol–water partition coefficient (Wildman–Crippen LogP) is 1.62. The molecule has 16 heavy (non-hydrogen) atoms. The highest BCUT2D eigenvalue weighted by Crippen LogP contribution is 2.33. The van der Waals surface area contributed by atoms with Crippen LogP contribution in [0.3, 0.4) is 0 Å². The molecule has 0 aliphatic rings. The second-order valence-corrected chi connectivity index (χ2v) is 3.52. The summed E-state index contributed by atoms with van der Waals surface area (Å²) in [6.07, 6.45) is -7.50. The van der Waals surface area contributed by atoms with Crippen molar-refractivity contribution in [3.05, 3.63) is 29.3 Å². The summed E-state index contributed by atoms with van der Waals surface area (Å²) < 4.78 is 36.6. The topological polar surface area (TPSA) is 66.5 Å². The molecule has 0 heterocycles. The third-order valence-electron chi connectivity index (χ3n) is 2.30. The lowest BCUT2D eigenvalue weighted by molar-refractivity contribution is -0.210. The number of aliphatic hydroxyl groups excluding tert-OH is 1. The summed E-state index contributed by atoms with van der Waals surface area (Å²) in [6, 6.07) is 2.56. The highest BCUT2D eigenvalue weighted by atomic mass is 19.4. The van der Waals surface area contributed by atoms with Gasteiger partial charge in [0.2, 0.25) is 0 Å². The molecular weight excluding hydrogens is 223 g/mol. The number of aromatic hydroxyl groups is 1. The van der Waals surface area contributed by atoms with Crippen LogP contribution in [0, 0.1) is 6.92 Å². The van der Waals surface area contributed by atoms with E-state index in [0.717, 1.165) is 0 Å². The maximum absolute atomic E-state index is 12.2. The van der Waals surface area contributed by atoms with E-state index in [2.05, 4.69) is 0 Å². The molecule has 0 radical (unpaired) electrons. The van der Waals surface area contributed by atoms with Crippen molar-refractivity contribution in [1.82, 2.24) is 0 Å². The molecule has 0 unspecified atom stereocenters. The maximum atomic E-state index is 12.2. The fourth-order valence-electron chi connectivity index (χ4n) is 1.32. The van der Waals surface area contributed by atoms with Gasteiger partial charge < -0.3 is 15.9 Å². The van der Waals surface area contributed by atoms with Crippen LogP contribution in [0.5, 0.6) is 5.75 Å². The number of hydrogen-bond acceptors (Lipinski definition) is 3. The second-order valence-electron chi connectivity index (χ2n) is 3.52. The molecule has 90 valence electrons. The molecule has 0 aliphatic carbocycles. The van der Waals surface area contributed by atoms with Crippen molar-refractivity contribution in [1.29, 1.82) is 0 Å². The van der Waals surface area contributed by atoms with E-state index >= 15 is 0 Å². The second kappa shape index (κ2) is 4.31. The first kappa shape index (κ1) is 12.8. The van der Waals surface area contributed by atoms with Crippen LogP contribution in [-0.4, -0.2) is 22.5 Å². The van der Waals surface area contributed by atoms with E-state index in [1.165, 1.54) is 25.1 Å². The molecule has 2 atom stereocenters. The van der Waals surface area contributed by atoms with Crippen molar-refractivity contribution >= 4 is 0 Å². The van der Waals surface area contributed by atoms with Crippen LogP contribution < -0.4 is 5.73 Å². The van der Waals surface area contributed by atoms with Crippen LogP contribution in [0.4, 0.5) is 13.2 Å². The number of phenols is 1. The predicted molar refractivity (Wildman–Crippen MR) is 51.8 cm³/mol. The minimum Gasteiger partial charge on any atom is -0.507 e. The number of para-hydroxylation sites is 1. The van der Waals surface area contributed by atoms with Crippen molar-refractivity contribution in [2.75, 3.05) is 0 Å². The summed E-state index contributed by atoms with van der Waals surface area (Å²) in [7, 11) is 0. The first-order chi connectivity index (χ1) is 7.25. The molecule has 3 nitrogen and oxygen atoms in total. The van der Waals surface area contributed by atoms with Crippen LogP contribution >= 0.6 is 0 Å². The molecule has 1 aromatic rings. The summed E-state index contributed by atoms with van der Waals surface area (Å²) >= 11 is 0. The van der Waals surface area contributed by atoms with Crippen molar-refractivity contribution in [2.45, 2.75) is 25.2 Å². The van der Waals surface area contributed by atoms with Gasteiger partial charge in [0.1, 0.15) is 5.75 Å². The first-order valence-electron chi connectivity index (χ1n) is 4.54. The Kier molecular flexibility index (Phi) is 3.44. The Morgan fingerprint density at radius 1 is 1.31 bits per heavy atom. The van der Waals surface area contributed by atoms with E-state index in [4.69, 9.17) is 10.8 Å². The number of alkyl halides is 3. The van der Waals surface area contributed by atoms with Gasteiger partial charge in [-0.2, -0.15) is 13.2 Å². The fraction of sp³-hybridized carbons (Fsp3) is 0.400. The largest absolute Gasteiger partial charge is 0.507 e. The maximum Gasteiger partial charge on any atom is 0.416 e. The lowest BCUT2D eigenvalue weighted by Crippen LogP contribution is -2.38. The molecule has 6 heteroatoms. The molecule has 0 spiro atoms. The van der Waals surface area contributed by atoms with Gasteiger partial charge in [-0.1, -0.05) is 18.2 Å². The van der Waals surface area contributed by atoms with E-state index in [-0.39, 0.29) is 11.3 Å². The van der Waals surface area contributed by atoms with Crippen LogP contribution in [0.2, 0.25) is 0 Å². The van der Waals surface area contributed by atoms with E-state index in [0.29, 0.717) is 5.56 Å². The number of nitrogens with two attached hydrogens (primary N) is 1. The number of aryl methyl sites for hydroxylation is 1. The Labute approximate surface area is 90.3 Å². The summed E-state index contributed by atoms with van der Waals surface area (Å²) in [5.74, 6) is -0.321. The summed E-state index contributed by atoms with van der Waals surface area (Å²) in [6.45, 7) is 1.53. The van der Waals surface area contributed by atoms with Gasteiger partial charge in [-0.3, -0.25) is 0 Å². The van der Waals surface area contributed by atoms with Gasteiger partial charge in [0, 0.05) is 5.56 Å². The molecule has 0 fully saturated rings. The van der Waals surface area contributed by atoms with Crippen molar-refractivity contribution in [3.63, 3.8) is 0 Å². The van der Waals surface area contributed by atoms with E-state index in [9.17, 15) is 18.3 Å². The molecular formula is C10H12F3NO2. The normalized spacial score (nSPS) is 15.9. The van der Waals surface area contributed by atoms with Crippen molar-refractivity contribution in [2.24, 2.45) is 5.73 Å². The third-order valence-corrected chi connectivity index (χ3v) is 2.30. The van der Waals surface area contributed by atoms with E-state index in [1.54, 1.807) is 0 Å². The Morgan fingerprint density at radius 2 is 1.88 bits per heavy atom. The number of rotatable bonds is 2. The van der Waals surface area contributed by atoms with Crippen LogP contribution in [0.1, 0.15) is 17.2 Å². The van der Waals surface area contributed by atoms with E-state index < -0.39 is 18.3 Å². The van der Waals surface area contributed by atoms with Gasteiger partial charge in [-0.15, -0.1) is 0 Å². The smallest absolute Gasteiger partial charge is 0.416 e. The lowest BCUT2D eigenvalue weighted by Gasteiger charge is -2.22. The molecule has 0 saturated heterocycles. The van der Waals surface area contributed by atoms with Gasteiger partial charge in [0.25, 0.3) is 0 Å². The average Bonchev–Trinajstić information content (AvgIpc) is 2.18. The van der Waals surface area contributed by atoms with Gasteiger partial charge in [-0.25, -0.2) is 0 Å². The third kappa shape index (κ3) is 2.45.